The number of ether oxygens (including phenoxy) is 1. The van der Waals surface area contributed by atoms with Gasteiger partial charge in [-0.1, -0.05) is 18.2 Å². The minimum atomic E-state index is -0.362. The lowest BCUT2D eigenvalue weighted by molar-refractivity contribution is -0.142. The Morgan fingerprint density at radius 1 is 1.25 bits per heavy atom. The van der Waals surface area contributed by atoms with E-state index in [4.69, 9.17) is 4.74 Å². The largest absolute Gasteiger partial charge is 0.496 e. The van der Waals surface area contributed by atoms with E-state index in [-0.39, 0.29) is 37.1 Å². The number of carbonyl (C=O) groups is 3. The molecule has 20 heavy (non-hydrogen) atoms. The van der Waals surface area contributed by atoms with E-state index in [1.165, 1.54) is 0 Å². The predicted octanol–water partition coefficient (Wildman–Crippen LogP) is 0.460. The zero-order valence-electron chi connectivity index (χ0n) is 11.2. The molecule has 3 amide bonds. The summed E-state index contributed by atoms with van der Waals surface area (Å²) < 4.78 is 5.18. The fourth-order valence-corrected chi connectivity index (χ4v) is 2.04. The number of nitrogens with zero attached hydrogens (tertiary/aromatic N) is 1. The lowest BCUT2D eigenvalue weighted by atomic mass is 10.2. The van der Waals surface area contributed by atoms with E-state index in [0.29, 0.717) is 12.3 Å². The molecule has 1 fully saturated rings. The molecule has 1 aliphatic heterocycles. The lowest BCUT2D eigenvalue weighted by Gasteiger charge is -2.14. The fourth-order valence-electron chi connectivity index (χ4n) is 2.04. The van der Waals surface area contributed by atoms with Crippen LogP contribution in [0.25, 0.3) is 0 Å². The van der Waals surface area contributed by atoms with Gasteiger partial charge in [0.15, 0.2) is 0 Å². The molecule has 1 aliphatic rings. The van der Waals surface area contributed by atoms with Crippen molar-refractivity contribution in [2.24, 2.45) is 0 Å². The SMILES string of the molecule is COc1ccccc1CNC(=O)CN1C(=O)CCC1=O. The first-order valence-corrected chi connectivity index (χ1v) is 6.33. The normalized spacial score (nSPS) is 14.6. The quantitative estimate of drug-likeness (QED) is 0.793. The minimum absolute atomic E-state index is 0.193. The average molecular weight is 276 g/mol. The van der Waals surface area contributed by atoms with Crippen LogP contribution < -0.4 is 10.1 Å². The van der Waals surface area contributed by atoms with Gasteiger partial charge in [-0.15, -0.1) is 0 Å². The molecule has 0 aliphatic carbocycles. The molecule has 1 N–H and O–H groups in total. The third-order valence-corrected chi connectivity index (χ3v) is 3.13. The topological polar surface area (TPSA) is 75.7 Å². The summed E-state index contributed by atoms with van der Waals surface area (Å²) in [5, 5.41) is 2.68. The lowest BCUT2D eigenvalue weighted by Crippen LogP contribution is -2.39. The number of benzene rings is 1. The maximum absolute atomic E-state index is 11.8. The molecule has 1 heterocycles. The summed E-state index contributed by atoms with van der Waals surface area (Å²) >= 11 is 0. The van der Waals surface area contributed by atoms with Crippen molar-refractivity contribution in [2.45, 2.75) is 19.4 Å². The molecule has 0 atom stereocenters. The molecule has 106 valence electrons. The van der Waals surface area contributed by atoms with E-state index < -0.39 is 0 Å². The standard InChI is InChI=1S/C14H16N2O4/c1-20-11-5-3-2-4-10(11)8-15-12(17)9-16-13(18)6-7-14(16)19/h2-5H,6-9H2,1H3,(H,15,17). The molecule has 0 aromatic heterocycles. The van der Waals surface area contributed by atoms with Crippen molar-refractivity contribution in [1.82, 2.24) is 10.2 Å². The zero-order chi connectivity index (χ0) is 14.5. The first-order chi connectivity index (χ1) is 9.61. The van der Waals surface area contributed by atoms with E-state index in [0.717, 1.165) is 10.5 Å². The van der Waals surface area contributed by atoms with Gasteiger partial charge in [0.1, 0.15) is 12.3 Å². The van der Waals surface area contributed by atoms with E-state index in [9.17, 15) is 14.4 Å². The summed E-state index contributed by atoms with van der Waals surface area (Å²) in [5.41, 5.74) is 0.836. The molecule has 0 unspecified atom stereocenters. The number of hydrogen-bond donors (Lipinski definition) is 1. The van der Waals surface area contributed by atoms with Crippen molar-refractivity contribution >= 4 is 17.7 Å². The number of likely N-dealkylation sites (tertiary alicyclic amines) is 1. The van der Waals surface area contributed by atoms with Crippen LogP contribution in [0.1, 0.15) is 18.4 Å². The van der Waals surface area contributed by atoms with Crippen LogP contribution in [0.15, 0.2) is 24.3 Å². The van der Waals surface area contributed by atoms with Crippen molar-refractivity contribution in [2.75, 3.05) is 13.7 Å². The van der Waals surface area contributed by atoms with E-state index in [1.807, 2.05) is 18.2 Å². The third kappa shape index (κ3) is 3.14. The van der Waals surface area contributed by atoms with Crippen LogP contribution in [0.2, 0.25) is 0 Å². The molecule has 1 aromatic carbocycles. The summed E-state index contributed by atoms with van der Waals surface area (Å²) in [6, 6.07) is 7.32. The van der Waals surface area contributed by atoms with Gasteiger partial charge < -0.3 is 10.1 Å². The van der Waals surface area contributed by atoms with Gasteiger partial charge >= 0.3 is 0 Å². The summed E-state index contributed by atoms with van der Waals surface area (Å²) in [4.78, 5) is 35.6. The van der Waals surface area contributed by atoms with Crippen LogP contribution in [0.5, 0.6) is 5.75 Å². The zero-order valence-corrected chi connectivity index (χ0v) is 11.2. The molecule has 6 heteroatoms. The van der Waals surface area contributed by atoms with Gasteiger partial charge in [0, 0.05) is 24.9 Å². The third-order valence-electron chi connectivity index (χ3n) is 3.13. The van der Waals surface area contributed by atoms with Gasteiger partial charge in [0.05, 0.1) is 7.11 Å². The van der Waals surface area contributed by atoms with Crippen LogP contribution in [-0.2, 0) is 20.9 Å². The van der Waals surface area contributed by atoms with Crippen LogP contribution in [0.4, 0.5) is 0 Å². The highest BCUT2D eigenvalue weighted by Crippen LogP contribution is 2.16. The van der Waals surface area contributed by atoms with Gasteiger partial charge in [-0.2, -0.15) is 0 Å². The first kappa shape index (κ1) is 14.0. The number of nitrogens with one attached hydrogen (secondary N) is 1. The first-order valence-electron chi connectivity index (χ1n) is 6.33. The molecule has 2 rings (SSSR count). The van der Waals surface area contributed by atoms with Crippen LogP contribution in [-0.4, -0.2) is 36.3 Å². The molecule has 1 saturated heterocycles. The van der Waals surface area contributed by atoms with E-state index in [2.05, 4.69) is 5.32 Å². The smallest absolute Gasteiger partial charge is 0.240 e. The van der Waals surface area contributed by atoms with Crippen molar-refractivity contribution in [3.63, 3.8) is 0 Å². The summed E-state index contributed by atoms with van der Waals surface area (Å²) in [6.45, 7) is 0.0753. The Morgan fingerprint density at radius 3 is 2.55 bits per heavy atom. The maximum atomic E-state index is 11.8. The predicted molar refractivity (Wildman–Crippen MR) is 70.8 cm³/mol. The summed E-state index contributed by atoms with van der Waals surface area (Å²) in [5.74, 6) is -0.259. The van der Waals surface area contributed by atoms with Gasteiger partial charge in [0.25, 0.3) is 0 Å². The van der Waals surface area contributed by atoms with Crippen LogP contribution in [0.3, 0.4) is 0 Å². The van der Waals surface area contributed by atoms with Crippen molar-refractivity contribution in [3.05, 3.63) is 29.8 Å². The number of hydrogen-bond acceptors (Lipinski definition) is 4. The number of amides is 3. The monoisotopic (exact) mass is 276 g/mol. The van der Waals surface area contributed by atoms with E-state index in [1.54, 1.807) is 13.2 Å². The number of rotatable bonds is 5. The fraction of sp³-hybridized carbons (Fsp3) is 0.357. The maximum Gasteiger partial charge on any atom is 0.240 e. The second kappa shape index (κ2) is 6.18. The van der Waals surface area contributed by atoms with Crippen LogP contribution in [0, 0.1) is 0 Å². The minimum Gasteiger partial charge on any atom is -0.496 e. The molecular formula is C14H16N2O4. The number of carbonyl (C=O) groups excluding carboxylic acids is 3. The van der Waals surface area contributed by atoms with E-state index >= 15 is 0 Å². The highest BCUT2D eigenvalue weighted by Gasteiger charge is 2.30. The van der Waals surface area contributed by atoms with Crippen molar-refractivity contribution in [1.29, 1.82) is 0 Å². The van der Waals surface area contributed by atoms with Gasteiger partial charge in [0.2, 0.25) is 17.7 Å². The highest BCUT2D eigenvalue weighted by atomic mass is 16.5. The number of para-hydroxylation sites is 1. The van der Waals surface area contributed by atoms with Gasteiger partial charge in [-0.25, -0.2) is 0 Å². The van der Waals surface area contributed by atoms with Crippen molar-refractivity contribution in [3.8, 4) is 5.75 Å². The molecule has 0 spiro atoms. The van der Waals surface area contributed by atoms with Gasteiger partial charge in [-0.3, -0.25) is 19.3 Å². The highest BCUT2D eigenvalue weighted by molar-refractivity contribution is 6.04. The van der Waals surface area contributed by atoms with Crippen molar-refractivity contribution < 1.29 is 19.1 Å². The average Bonchev–Trinajstić information content (AvgIpc) is 2.77. The molecule has 0 bridgehead atoms. The Kier molecular flexibility index (Phi) is 4.34. The Labute approximate surface area is 116 Å². The molecule has 6 nitrogen and oxygen atoms in total. The number of imide groups is 1. The Balaban J connectivity index is 1.89. The molecule has 0 radical (unpaired) electrons. The van der Waals surface area contributed by atoms with Gasteiger partial charge in [-0.05, 0) is 6.07 Å². The number of methoxy groups -OCH3 is 1. The Hall–Kier alpha value is -2.37. The second-order valence-corrected chi connectivity index (χ2v) is 4.46. The summed E-state index contributed by atoms with van der Waals surface area (Å²) in [6.07, 6.45) is 0.386. The second-order valence-electron chi connectivity index (χ2n) is 4.46. The molecule has 1 aromatic rings. The Bertz CT molecular complexity index is 526. The molecule has 0 saturated carbocycles. The molecular weight excluding hydrogens is 260 g/mol. The van der Waals surface area contributed by atoms with Crippen LogP contribution >= 0.6 is 0 Å². The summed E-state index contributed by atoms with van der Waals surface area (Å²) in [7, 11) is 1.56. The Morgan fingerprint density at radius 2 is 1.90 bits per heavy atom.